The highest BCUT2D eigenvalue weighted by atomic mass is 32.2. The van der Waals surface area contributed by atoms with Crippen molar-refractivity contribution in [3.63, 3.8) is 0 Å². The molecule has 11 nitrogen and oxygen atoms in total. The van der Waals surface area contributed by atoms with E-state index in [1.165, 1.54) is 16.4 Å². The number of thioether (sulfide) groups is 1. The molecule has 2 heterocycles. The van der Waals surface area contributed by atoms with E-state index in [4.69, 9.17) is 5.73 Å². The fraction of sp³-hybridized carbons (Fsp3) is 0.100. The Balaban J connectivity index is 1.61. The van der Waals surface area contributed by atoms with Crippen molar-refractivity contribution >= 4 is 29.2 Å². The van der Waals surface area contributed by atoms with E-state index in [1.54, 1.807) is 31.2 Å². The third-order valence-corrected chi connectivity index (χ3v) is 5.41. The molecule has 32 heavy (non-hydrogen) atoms. The second kappa shape index (κ2) is 9.31. The SMILES string of the molecule is C/C(=N/NC(=O)c1nnn(-c2nonc2N)c1CSc1ccccc1)c1cccc(O)c1. The number of hydrazone groups is 1. The van der Waals surface area contributed by atoms with Crippen LogP contribution >= 0.6 is 11.8 Å². The average molecular weight is 450 g/mol. The summed E-state index contributed by atoms with van der Waals surface area (Å²) >= 11 is 1.49. The number of anilines is 1. The summed E-state index contributed by atoms with van der Waals surface area (Å²) in [6.07, 6.45) is 0. The summed E-state index contributed by atoms with van der Waals surface area (Å²) in [5, 5.41) is 29.1. The molecule has 0 fully saturated rings. The number of aromatic hydroxyl groups is 1. The number of amides is 1. The summed E-state index contributed by atoms with van der Waals surface area (Å²) in [5.41, 5.74) is 9.96. The summed E-state index contributed by atoms with van der Waals surface area (Å²) in [6, 6.07) is 16.2. The molecule has 4 rings (SSSR count). The minimum atomic E-state index is -0.561. The highest BCUT2D eigenvalue weighted by molar-refractivity contribution is 7.98. The van der Waals surface area contributed by atoms with Crippen molar-refractivity contribution in [2.24, 2.45) is 5.10 Å². The molecule has 2 aromatic heterocycles. The zero-order valence-corrected chi connectivity index (χ0v) is 17.7. The summed E-state index contributed by atoms with van der Waals surface area (Å²) in [6.45, 7) is 1.71. The van der Waals surface area contributed by atoms with E-state index in [0.717, 1.165) is 4.90 Å². The van der Waals surface area contributed by atoms with Crippen LogP contribution in [0.2, 0.25) is 0 Å². The summed E-state index contributed by atoms with van der Waals surface area (Å²) in [5.74, 6) is 0.0476. The molecular weight excluding hydrogens is 432 g/mol. The average Bonchev–Trinajstić information content (AvgIpc) is 3.42. The van der Waals surface area contributed by atoms with Crippen LogP contribution in [0.3, 0.4) is 0 Å². The maximum absolute atomic E-state index is 12.9. The van der Waals surface area contributed by atoms with E-state index in [0.29, 0.717) is 22.7 Å². The number of hydrogen-bond donors (Lipinski definition) is 3. The number of nitrogens with zero attached hydrogens (tertiary/aromatic N) is 6. The number of nitrogens with two attached hydrogens (primary N) is 1. The highest BCUT2D eigenvalue weighted by Crippen LogP contribution is 2.25. The van der Waals surface area contributed by atoms with Gasteiger partial charge < -0.3 is 10.8 Å². The third kappa shape index (κ3) is 4.59. The van der Waals surface area contributed by atoms with Crippen LogP contribution in [0.25, 0.3) is 5.82 Å². The normalized spacial score (nSPS) is 11.5. The molecule has 162 valence electrons. The number of hydrogen-bond acceptors (Lipinski definition) is 10. The summed E-state index contributed by atoms with van der Waals surface area (Å²) in [7, 11) is 0. The molecule has 0 radical (unpaired) electrons. The maximum Gasteiger partial charge on any atom is 0.293 e. The highest BCUT2D eigenvalue weighted by Gasteiger charge is 2.24. The second-order valence-corrected chi connectivity index (χ2v) is 7.61. The van der Waals surface area contributed by atoms with Crippen LogP contribution in [0.5, 0.6) is 5.75 Å². The molecule has 12 heteroatoms. The lowest BCUT2D eigenvalue weighted by molar-refractivity contribution is 0.0949. The molecule has 0 bridgehead atoms. The van der Waals surface area contributed by atoms with Gasteiger partial charge in [-0.3, -0.25) is 4.79 Å². The van der Waals surface area contributed by atoms with E-state index in [9.17, 15) is 9.90 Å². The molecule has 0 aliphatic carbocycles. The lowest BCUT2D eigenvalue weighted by atomic mass is 10.1. The number of carbonyl (C=O) groups is 1. The maximum atomic E-state index is 12.9. The molecular formula is C20H18N8O3S. The molecule has 0 unspecified atom stereocenters. The van der Waals surface area contributed by atoms with Crippen molar-refractivity contribution in [1.29, 1.82) is 0 Å². The molecule has 0 aliphatic rings. The van der Waals surface area contributed by atoms with Gasteiger partial charge in [0, 0.05) is 16.2 Å². The molecule has 1 amide bonds. The number of aromatic nitrogens is 5. The van der Waals surface area contributed by atoms with Gasteiger partial charge in [-0.1, -0.05) is 35.5 Å². The number of phenols is 1. The van der Waals surface area contributed by atoms with Gasteiger partial charge in [0.15, 0.2) is 5.69 Å². The Hall–Kier alpha value is -4.19. The first kappa shape index (κ1) is 21.1. The number of carbonyl (C=O) groups excluding carboxylic acids is 1. The smallest absolute Gasteiger partial charge is 0.293 e. The lowest BCUT2D eigenvalue weighted by Crippen LogP contribution is -2.21. The first-order valence-corrected chi connectivity index (χ1v) is 10.4. The van der Waals surface area contributed by atoms with Gasteiger partial charge in [0.1, 0.15) is 5.75 Å². The van der Waals surface area contributed by atoms with Crippen LogP contribution in [0, 0.1) is 0 Å². The zero-order chi connectivity index (χ0) is 22.5. The zero-order valence-electron chi connectivity index (χ0n) is 16.8. The Morgan fingerprint density at radius 3 is 2.75 bits per heavy atom. The quantitative estimate of drug-likeness (QED) is 0.218. The van der Waals surface area contributed by atoms with Crippen molar-refractivity contribution in [3.05, 3.63) is 71.5 Å². The Labute approximate surface area is 186 Å². The second-order valence-electron chi connectivity index (χ2n) is 6.56. The number of nitrogen functional groups attached to an aromatic ring is 1. The largest absolute Gasteiger partial charge is 0.508 e. The number of phenolic OH excluding ortho intramolecular Hbond substituents is 1. The minimum absolute atomic E-state index is 0.0190. The Morgan fingerprint density at radius 1 is 1.22 bits per heavy atom. The molecule has 0 atom stereocenters. The minimum Gasteiger partial charge on any atom is -0.508 e. The van der Waals surface area contributed by atoms with Gasteiger partial charge >= 0.3 is 0 Å². The third-order valence-electron chi connectivity index (χ3n) is 4.38. The Bertz CT molecular complexity index is 1270. The van der Waals surface area contributed by atoms with Crippen molar-refractivity contribution in [2.75, 3.05) is 5.73 Å². The Morgan fingerprint density at radius 2 is 2.03 bits per heavy atom. The predicted molar refractivity (Wildman–Crippen MR) is 117 cm³/mol. The van der Waals surface area contributed by atoms with E-state index < -0.39 is 5.91 Å². The van der Waals surface area contributed by atoms with Gasteiger partial charge in [-0.05, 0) is 41.5 Å². The first-order chi connectivity index (χ1) is 15.5. The van der Waals surface area contributed by atoms with Crippen molar-refractivity contribution in [1.82, 2.24) is 30.7 Å². The van der Waals surface area contributed by atoms with Crippen LogP contribution in [0.15, 0.2) is 69.2 Å². The predicted octanol–water partition coefficient (Wildman–Crippen LogP) is 2.38. The van der Waals surface area contributed by atoms with Gasteiger partial charge in [0.05, 0.1) is 11.4 Å². The van der Waals surface area contributed by atoms with Gasteiger partial charge in [0.2, 0.25) is 11.6 Å². The van der Waals surface area contributed by atoms with Gasteiger partial charge in [-0.25, -0.2) is 10.1 Å². The van der Waals surface area contributed by atoms with Crippen molar-refractivity contribution in [2.45, 2.75) is 17.6 Å². The van der Waals surface area contributed by atoms with Gasteiger partial charge in [-0.2, -0.15) is 9.78 Å². The standard InChI is InChI=1S/C20H18N8O3S/c1-12(13-6-5-7-14(29)10-13)22-24-20(30)17-16(11-32-15-8-3-2-4-9-15)28(27-23-17)19-18(21)25-31-26-19/h2-10,29H,11H2,1H3,(H2,21,25)(H,24,30)/b22-12-. The van der Waals surface area contributed by atoms with Crippen molar-refractivity contribution in [3.8, 4) is 11.6 Å². The number of nitrogens with one attached hydrogen (secondary N) is 1. The molecule has 0 saturated heterocycles. The first-order valence-electron chi connectivity index (χ1n) is 9.38. The van der Waals surface area contributed by atoms with E-state index in [2.05, 4.69) is 35.8 Å². The van der Waals surface area contributed by atoms with Crippen LogP contribution < -0.4 is 11.2 Å². The van der Waals surface area contributed by atoms with Crippen LogP contribution in [-0.2, 0) is 5.75 Å². The van der Waals surface area contributed by atoms with Gasteiger partial charge in [-0.15, -0.1) is 16.9 Å². The topological polar surface area (TPSA) is 157 Å². The molecule has 0 aliphatic heterocycles. The van der Waals surface area contributed by atoms with Crippen LogP contribution in [0.1, 0.15) is 28.7 Å². The molecule has 4 aromatic rings. The van der Waals surface area contributed by atoms with Crippen LogP contribution in [-0.4, -0.2) is 42.0 Å². The fourth-order valence-electron chi connectivity index (χ4n) is 2.77. The van der Waals surface area contributed by atoms with Crippen LogP contribution in [0.4, 0.5) is 5.82 Å². The number of benzene rings is 2. The molecule has 4 N–H and O–H groups in total. The van der Waals surface area contributed by atoms with E-state index in [1.807, 2.05) is 30.3 Å². The van der Waals surface area contributed by atoms with Crippen molar-refractivity contribution < 1.29 is 14.5 Å². The molecule has 2 aromatic carbocycles. The monoisotopic (exact) mass is 450 g/mol. The fourth-order valence-corrected chi connectivity index (χ4v) is 3.68. The summed E-state index contributed by atoms with van der Waals surface area (Å²) in [4.78, 5) is 13.9. The van der Waals surface area contributed by atoms with E-state index in [-0.39, 0.29) is 23.1 Å². The lowest BCUT2D eigenvalue weighted by Gasteiger charge is -2.06. The molecule has 0 saturated carbocycles. The molecule has 0 spiro atoms. The van der Waals surface area contributed by atoms with Gasteiger partial charge in [0.25, 0.3) is 5.91 Å². The number of rotatable bonds is 7. The summed E-state index contributed by atoms with van der Waals surface area (Å²) < 4.78 is 5.98. The Kier molecular flexibility index (Phi) is 6.12. The van der Waals surface area contributed by atoms with E-state index >= 15 is 0 Å².